The average Bonchev–Trinajstić information content (AvgIpc) is 2.30. The number of ether oxygens (including phenoxy) is 2. The van der Waals surface area contributed by atoms with Crippen LogP contribution in [0.4, 0.5) is 4.39 Å². The van der Waals surface area contributed by atoms with Gasteiger partial charge in [0.05, 0.1) is 0 Å². The van der Waals surface area contributed by atoms with Gasteiger partial charge >= 0.3 is 0 Å². The fourth-order valence-corrected chi connectivity index (χ4v) is 1.64. The van der Waals surface area contributed by atoms with E-state index in [1.54, 1.807) is 0 Å². The van der Waals surface area contributed by atoms with Gasteiger partial charge in [0.2, 0.25) is 0 Å². The zero-order valence-corrected chi connectivity index (χ0v) is 8.53. The molecule has 1 heterocycles. The molecular weight excluding hydrogens is 215 g/mol. The number of phenols is 1. The van der Waals surface area contributed by atoms with Gasteiger partial charge in [0.15, 0.2) is 23.1 Å². The van der Waals surface area contributed by atoms with Gasteiger partial charge in [-0.3, -0.25) is 0 Å². The lowest BCUT2D eigenvalue weighted by molar-refractivity contribution is -0.107. The van der Waals surface area contributed by atoms with Gasteiger partial charge < -0.3 is 19.4 Å². The second-order valence-electron chi connectivity index (χ2n) is 3.42. The number of carbonyl (C=O) groups is 1. The second-order valence-corrected chi connectivity index (χ2v) is 3.42. The van der Waals surface area contributed by atoms with Crippen molar-refractivity contribution in [2.24, 2.45) is 0 Å². The molecule has 4 nitrogen and oxygen atoms in total. The normalized spacial score (nSPS) is 13.6. The molecule has 0 aromatic heterocycles. The molecule has 1 aliphatic heterocycles. The van der Waals surface area contributed by atoms with Crippen LogP contribution in [0.15, 0.2) is 6.07 Å². The predicted octanol–water partition coefficient (Wildman–Crippen LogP) is 1.43. The van der Waals surface area contributed by atoms with Crippen LogP contribution in [0.5, 0.6) is 17.2 Å². The molecule has 1 aromatic rings. The monoisotopic (exact) mass is 226 g/mol. The van der Waals surface area contributed by atoms with Gasteiger partial charge in [-0.25, -0.2) is 4.39 Å². The first kappa shape index (κ1) is 10.7. The van der Waals surface area contributed by atoms with Crippen LogP contribution in [0, 0.1) is 5.82 Å². The van der Waals surface area contributed by atoms with Crippen molar-refractivity contribution in [1.82, 2.24) is 0 Å². The summed E-state index contributed by atoms with van der Waals surface area (Å²) < 4.78 is 24.1. The van der Waals surface area contributed by atoms with E-state index in [9.17, 15) is 14.3 Å². The SMILES string of the molecule is O=CCCc1c(F)c(O)cc2c1OCCO2. The minimum Gasteiger partial charge on any atom is -0.505 e. The molecule has 0 bridgehead atoms. The highest BCUT2D eigenvalue weighted by atomic mass is 19.1. The zero-order valence-electron chi connectivity index (χ0n) is 8.53. The van der Waals surface area contributed by atoms with Gasteiger partial charge in [0.25, 0.3) is 0 Å². The number of hydrogen-bond acceptors (Lipinski definition) is 4. The average molecular weight is 226 g/mol. The van der Waals surface area contributed by atoms with Crippen LogP contribution >= 0.6 is 0 Å². The van der Waals surface area contributed by atoms with Crippen LogP contribution in [0.3, 0.4) is 0 Å². The molecule has 0 spiro atoms. The summed E-state index contributed by atoms with van der Waals surface area (Å²) in [4.78, 5) is 10.3. The summed E-state index contributed by atoms with van der Waals surface area (Å²) in [7, 11) is 0. The van der Waals surface area contributed by atoms with Crippen LogP contribution in [-0.2, 0) is 11.2 Å². The van der Waals surface area contributed by atoms with Gasteiger partial charge in [-0.15, -0.1) is 0 Å². The molecular formula is C11H11FO4. The molecule has 1 aliphatic rings. The van der Waals surface area contributed by atoms with E-state index in [1.165, 1.54) is 6.07 Å². The van der Waals surface area contributed by atoms with E-state index in [1.807, 2.05) is 0 Å². The zero-order chi connectivity index (χ0) is 11.5. The number of hydrogen-bond donors (Lipinski definition) is 1. The number of phenolic OH excluding ortho intramolecular Hbond substituents is 1. The van der Waals surface area contributed by atoms with Gasteiger partial charge in [-0.2, -0.15) is 0 Å². The van der Waals surface area contributed by atoms with Crippen molar-refractivity contribution in [1.29, 1.82) is 0 Å². The standard InChI is InChI=1S/C11H11FO4/c12-10-7(2-1-3-13)11-9(6-8(10)14)15-4-5-16-11/h3,6,14H,1-2,4-5H2. The largest absolute Gasteiger partial charge is 0.505 e. The van der Waals surface area contributed by atoms with Gasteiger partial charge in [-0.1, -0.05) is 0 Å². The third-order valence-electron chi connectivity index (χ3n) is 2.36. The second kappa shape index (κ2) is 4.38. The molecule has 16 heavy (non-hydrogen) atoms. The molecule has 1 N–H and O–H groups in total. The summed E-state index contributed by atoms with van der Waals surface area (Å²) in [5.74, 6) is -0.606. The highest BCUT2D eigenvalue weighted by Crippen LogP contribution is 2.40. The van der Waals surface area contributed by atoms with E-state index < -0.39 is 11.6 Å². The van der Waals surface area contributed by atoms with E-state index in [-0.39, 0.29) is 18.4 Å². The highest BCUT2D eigenvalue weighted by Gasteiger charge is 2.22. The van der Waals surface area contributed by atoms with Crippen LogP contribution in [0.25, 0.3) is 0 Å². The quantitative estimate of drug-likeness (QED) is 0.792. The Hall–Kier alpha value is -1.78. The fraction of sp³-hybridized carbons (Fsp3) is 0.364. The first-order valence-corrected chi connectivity index (χ1v) is 4.97. The van der Waals surface area contributed by atoms with E-state index in [4.69, 9.17) is 9.47 Å². The Bertz CT molecular complexity index is 417. The van der Waals surface area contributed by atoms with Gasteiger partial charge in [0.1, 0.15) is 19.5 Å². The number of rotatable bonds is 3. The molecule has 2 rings (SSSR count). The fourth-order valence-electron chi connectivity index (χ4n) is 1.64. The van der Waals surface area contributed by atoms with Gasteiger partial charge in [-0.05, 0) is 6.42 Å². The Labute approximate surface area is 91.6 Å². The molecule has 0 saturated heterocycles. The third kappa shape index (κ3) is 1.80. The third-order valence-corrected chi connectivity index (χ3v) is 2.36. The van der Waals surface area contributed by atoms with Crippen molar-refractivity contribution in [3.05, 3.63) is 17.4 Å². The Kier molecular flexibility index (Phi) is 2.94. The lowest BCUT2D eigenvalue weighted by atomic mass is 10.1. The summed E-state index contributed by atoms with van der Waals surface area (Å²) in [6.45, 7) is 0.705. The Morgan fingerprint density at radius 2 is 2.19 bits per heavy atom. The molecule has 86 valence electrons. The smallest absolute Gasteiger partial charge is 0.171 e. The van der Waals surface area contributed by atoms with E-state index in [0.29, 0.717) is 31.0 Å². The van der Waals surface area contributed by atoms with Crippen LogP contribution < -0.4 is 9.47 Å². The first-order valence-electron chi connectivity index (χ1n) is 4.97. The molecule has 0 fully saturated rings. The topological polar surface area (TPSA) is 55.8 Å². The lowest BCUT2D eigenvalue weighted by Crippen LogP contribution is -2.17. The Balaban J connectivity index is 2.45. The van der Waals surface area contributed by atoms with Crippen molar-refractivity contribution >= 4 is 6.29 Å². The number of aromatic hydroxyl groups is 1. The van der Waals surface area contributed by atoms with E-state index in [0.717, 1.165) is 0 Å². The van der Waals surface area contributed by atoms with Crippen molar-refractivity contribution in [3.63, 3.8) is 0 Å². The number of carbonyl (C=O) groups excluding carboxylic acids is 1. The number of halogens is 1. The molecule has 0 unspecified atom stereocenters. The van der Waals surface area contributed by atoms with E-state index >= 15 is 0 Å². The summed E-state index contributed by atoms with van der Waals surface area (Å²) in [5.41, 5.74) is 0.196. The van der Waals surface area contributed by atoms with Crippen molar-refractivity contribution < 1.29 is 23.8 Å². The molecule has 0 amide bonds. The first-order chi connectivity index (χ1) is 7.74. The molecule has 1 aromatic carbocycles. The maximum atomic E-state index is 13.6. The molecule has 0 saturated carbocycles. The summed E-state index contributed by atoms with van der Waals surface area (Å²) in [6.07, 6.45) is 1.06. The molecule has 0 atom stereocenters. The number of aldehydes is 1. The lowest BCUT2D eigenvalue weighted by Gasteiger charge is -2.21. The summed E-state index contributed by atoms with van der Waals surface area (Å²) >= 11 is 0. The minimum absolute atomic E-state index is 0.177. The van der Waals surface area contributed by atoms with Crippen molar-refractivity contribution in [2.75, 3.05) is 13.2 Å². The Morgan fingerprint density at radius 1 is 1.44 bits per heavy atom. The minimum atomic E-state index is -0.744. The highest BCUT2D eigenvalue weighted by molar-refractivity contribution is 5.56. The molecule has 0 radical (unpaired) electrons. The summed E-state index contributed by atoms with van der Waals surface area (Å²) in [6, 6.07) is 1.19. The van der Waals surface area contributed by atoms with Crippen LogP contribution in [0.1, 0.15) is 12.0 Å². The summed E-state index contributed by atoms with van der Waals surface area (Å²) in [5, 5.41) is 9.36. The maximum absolute atomic E-state index is 13.6. The number of fused-ring (bicyclic) bond motifs is 1. The van der Waals surface area contributed by atoms with Crippen molar-refractivity contribution in [3.8, 4) is 17.2 Å². The van der Waals surface area contributed by atoms with Crippen molar-refractivity contribution in [2.45, 2.75) is 12.8 Å². The predicted molar refractivity (Wildman–Crippen MR) is 53.4 cm³/mol. The van der Waals surface area contributed by atoms with E-state index in [2.05, 4.69) is 0 Å². The maximum Gasteiger partial charge on any atom is 0.171 e. The Morgan fingerprint density at radius 3 is 2.94 bits per heavy atom. The number of benzene rings is 1. The molecule has 0 aliphatic carbocycles. The van der Waals surface area contributed by atoms with Gasteiger partial charge in [0, 0.05) is 18.1 Å². The van der Waals surface area contributed by atoms with Crippen LogP contribution in [-0.4, -0.2) is 24.6 Å². The molecule has 5 heteroatoms. The van der Waals surface area contributed by atoms with Crippen LogP contribution in [0.2, 0.25) is 0 Å².